The molecule has 0 saturated heterocycles. The molecule has 9 heteroatoms. The Morgan fingerprint density at radius 1 is 1.23 bits per heavy atom. The lowest BCUT2D eigenvalue weighted by molar-refractivity contribution is -0.132. The van der Waals surface area contributed by atoms with Crippen LogP contribution in [0, 0.1) is 5.82 Å². The first kappa shape index (κ1) is 19.2. The van der Waals surface area contributed by atoms with Crippen molar-refractivity contribution < 1.29 is 23.8 Å². The van der Waals surface area contributed by atoms with Crippen molar-refractivity contribution in [2.75, 3.05) is 17.7 Å². The fourth-order valence-corrected chi connectivity index (χ4v) is 3.28. The van der Waals surface area contributed by atoms with Gasteiger partial charge in [0.25, 0.3) is 5.91 Å². The summed E-state index contributed by atoms with van der Waals surface area (Å²) in [6, 6.07) is 12.0. The van der Waals surface area contributed by atoms with Gasteiger partial charge in [-0.15, -0.1) is 0 Å². The smallest absolute Gasteiger partial charge is 0.352 e. The van der Waals surface area contributed by atoms with Gasteiger partial charge in [0, 0.05) is 11.3 Å². The molecular formula is C21H17FN4O4. The van der Waals surface area contributed by atoms with E-state index in [2.05, 4.69) is 15.7 Å². The number of nitrogens with zero attached hydrogens (tertiary/aromatic N) is 2. The number of carbonyl (C=O) groups is 2. The number of hydrogen-bond donors (Lipinski definition) is 3. The van der Waals surface area contributed by atoms with Crippen LogP contribution in [-0.4, -0.2) is 33.9 Å². The van der Waals surface area contributed by atoms with Crippen molar-refractivity contribution in [2.24, 2.45) is 0 Å². The van der Waals surface area contributed by atoms with Crippen molar-refractivity contribution in [3.05, 3.63) is 83.4 Å². The molecule has 0 saturated carbocycles. The van der Waals surface area contributed by atoms with Crippen molar-refractivity contribution in [1.29, 1.82) is 0 Å². The molecule has 3 aromatic rings. The predicted octanol–water partition coefficient (Wildman–Crippen LogP) is 3.27. The second-order valence-corrected chi connectivity index (χ2v) is 6.51. The van der Waals surface area contributed by atoms with E-state index in [1.807, 2.05) is 0 Å². The maximum absolute atomic E-state index is 13.4. The Morgan fingerprint density at radius 3 is 2.77 bits per heavy atom. The van der Waals surface area contributed by atoms with Crippen molar-refractivity contribution >= 4 is 23.4 Å². The topological polar surface area (TPSA) is 105 Å². The number of halogens is 1. The quantitative estimate of drug-likeness (QED) is 0.598. The second kappa shape index (κ2) is 7.70. The molecule has 1 aliphatic heterocycles. The first-order chi connectivity index (χ1) is 14.5. The van der Waals surface area contributed by atoms with Crippen LogP contribution in [0.25, 0.3) is 0 Å². The fourth-order valence-electron chi connectivity index (χ4n) is 3.28. The average molecular weight is 408 g/mol. The number of ether oxygens (including phenoxy) is 1. The molecular weight excluding hydrogens is 391 g/mol. The lowest BCUT2D eigenvalue weighted by Gasteiger charge is -2.25. The van der Waals surface area contributed by atoms with Crippen molar-refractivity contribution in [3.63, 3.8) is 0 Å². The number of anilines is 2. The average Bonchev–Trinajstić information content (AvgIpc) is 3.17. The van der Waals surface area contributed by atoms with Crippen LogP contribution in [0.1, 0.15) is 22.0 Å². The second-order valence-electron chi connectivity index (χ2n) is 6.51. The summed E-state index contributed by atoms with van der Waals surface area (Å²) < 4.78 is 20.3. The van der Waals surface area contributed by atoms with Gasteiger partial charge in [0.1, 0.15) is 34.7 Å². The highest BCUT2D eigenvalue weighted by atomic mass is 19.1. The molecule has 1 atom stereocenters. The lowest BCUT2D eigenvalue weighted by Crippen LogP contribution is -2.26. The molecule has 0 fully saturated rings. The van der Waals surface area contributed by atoms with Gasteiger partial charge in [-0.25, -0.2) is 13.9 Å². The first-order valence-electron chi connectivity index (χ1n) is 8.97. The zero-order valence-corrected chi connectivity index (χ0v) is 15.8. The molecule has 1 aliphatic rings. The SMILES string of the molecule is COc1ccccc1C1C=C(C(=O)O)Nc2c(C(=O)Nc3cccc(F)c3)cnn21. The number of methoxy groups -OCH3 is 1. The predicted molar refractivity (Wildman–Crippen MR) is 107 cm³/mol. The fraction of sp³-hybridized carbons (Fsp3) is 0.0952. The zero-order chi connectivity index (χ0) is 21.3. The maximum atomic E-state index is 13.4. The summed E-state index contributed by atoms with van der Waals surface area (Å²) in [4.78, 5) is 24.5. The van der Waals surface area contributed by atoms with E-state index in [9.17, 15) is 19.1 Å². The zero-order valence-electron chi connectivity index (χ0n) is 15.8. The molecule has 1 aromatic heterocycles. The molecule has 8 nitrogen and oxygen atoms in total. The summed E-state index contributed by atoms with van der Waals surface area (Å²) in [6.45, 7) is 0. The Kier molecular flexibility index (Phi) is 4.93. The number of nitrogens with one attached hydrogen (secondary N) is 2. The number of amides is 1. The van der Waals surface area contributed by atoms with E-state index in [0.717, 1.165) is 0 Å². The Balaban J connectivity index is 1.75. The number of rotatable bonds is 5. The molecule has 30 heavy (non-hydrogen) atoms. The van der Waals surface area contributed by atoms with Crippen LogP contribution >= 0.6 is 0 Å². The van der Waals surface area contributed by atoms with Crippen LogP contribution in [0.2, 0.25) is 0 Å². The molecule has 1 amide bonds. The van der Waals surface area contributed by atoms with Crippen LogP contribution in [0.3, 0.4) is 0 Å². The number of carboxylic acids is 1. The summed E-state index contributed by atoms with van der Waals surface area (Å²) in [6.07, 6.45) is 2.83. The van der Waals surface area contributed by atoms with Gasteiger partial charge in [0.05, 0.1) is 13.3 Å². The van der Waals surface area contributed by atoms with Crippen LogP contribution in [0.5, 0.6) is 5.75 Å². The number of hydrogen-bond acceptors (Lipinski definition) is 5. The van der Waals surface area contributed by atoms with Gasteiger partial charge >= 0.3 is 5.97 Å². The number of benzene rings is 2. The molecule has 1 unspecified atom stereocenters. The minimum Gasteiger partial charge on any atom is -0.496 e. The molecule has 0 spiro atoms. The third kappa shape index (κ3) is 3.48. The molecule has 0 bridgehead atoms. The van der Waals surface area contributed by atoms with Crippen LogP contribution < -0.4 is 15.4 Å². The molecule has 0 radical (unpaired) electrons. The summed E-state index contributed by atoms with van der Waals surface area (Å²) >= 11 is 0. The van der Waals surface area contributed by atoms with Gasteiger partial charge in [-0.2, -0.15) is 5.10 Å². The van der Waals surface area contributed by atoms with Crippen molar-refractivity contribution in [3.8, 4) is 5.75 Å². The van der Waals surface area contributed by atoms with Gasteiger partial charge in [0.15, 0.2) is 0 Å². The first-order valence-corrected chi connectivity index (χ1v) is 8.97. The third-order valence-electron chi connectivity index (χ3n) is 4.65. The number of para-hydroxylation sites is 1. The van der Waals surface area contributed by atoms with Crippen LogP contribution in [0.4, 0.5) is 15.9 Å². The number of allylic oxidation sites excluding steroid dienone is 1. The Labute approximate surface area is 170 Å². The summed E-state index contributed by atoms with van der Waals surface area (Å²) in [5.41, 5.74) is 0.970. The van der Waals surface area contributed by atoms with E-state index in [1.165, 1.54) is 42.3 Å². The van der Waals surface area contributed by atoms with Crippen molar-refractivity contribution in [2.45, 2.75) is 6.04 Å². The highest BCUT2D eigenvalue weighted by molar-refractivity contribution is 6.08. The van der Waals surface area contributed by atoms with Crippen molar-refractivity contribution in [1.82, 2.24) is 9.78 Å². The number of fused-ring (bicyclic) bond motifs is 1. The van der Waals surface area contributed by atoms with Gasteiger partial charge in [-0.1, -0.05) is 24.3 Å². The molecule has 2 aromatic carbocycles. The highest BCUT2D eigenvalue weighted by Gasteiger charge is 2.30. The van der Waals surface area contributed by atoms with E-state index in [1.54, 1.807) is 30.3 Å². The molecule has 2 heterocycles. The Morgan fingerprint density at radius 2 is 2.03 bits per heavy atom. The molecule has 152 valence electrons. The van der Waals surface area contributed by atoms with E-state index in [0.29, 0.717) is 11.3 Å². The summed E-state index contributed by atoms with van der Waals surface area (Å²) in [5.74, 6) is -1.47. The largest absolute Gasteiger partial charge is 0.496 e. The van der Waals surface area contributed by atoms with E-state index < -0.39 is 23.7 Å². The van der Waals surface area contributed by atoms with Gasteiger partial charge in [0.2, 0.25) is 0 Å². The standard InChI is InChI=1S/C21H17FN4O4/c1-30-18-8-3-2-7-14(18)17-10-16(21(28)29)25-19-15(11-23-26(17)19)20(27)24-13-6-4-5-12(22)9-13/h2-11,17,25H,1H3,(H,24,27)(H,28,29). The minimum atomic E-state index is -1.18. The number of aliphatic carboxylic acids is 1. The maximum Gasteiger partial charge on any atom is 0.352 e. The molecule has 0 aliphatic carbocycles. The van der Waals surface area contributed by atoms with E-state index >= 15 is 0 Å². The summed E-state index contributed by atoms with van der Waals surface area (Å²) in [7, 11) is 1.52. The van der Waals surface area contributed by atoms with Gasteiger partial charge in [-0.3, -0.25) is 4.79 Å². The minimum absolute atomic E-state index is 0.0984. The summed E-state index contributed by atoms with van der Waals surface area (Å²) in [5, 5.41) is 19.2. The monoisotopic (exact) mass is 408 g/mol. The Hall–Kier alpha value is -4.14. The van der Waals surface area contributed by atoms with Gasteiger partial charge in [-0.05, 0) is 30.3 Å². The van der Waals surface area contributed by atoms with Crippen LogP contribution in [0.15, 0.2) is 66.5 Å². The van der Waals surface area contributed by atoms with Gasteiger partial charge < -0.3 is 20.5 Å². The van der Waals surface area contributed by atoms with E-state index in [-0.39, 0.29) is 22.8 Å². The third-order valence-corrected chi connectivity index (χ3v) is 4.65. The molecule has 4 rings (SSSR count). The normalized spacial score (nSPS) is 14.9. The number of aromatic nitrogens is 2. The Bertz CT molecular complexity index is 1170. The van der Waals surface area contributed by atoms with Crippen LogP contribution in [-0.2, 0) is 4.79 Å². The lowest BCUT2D eigenvalue weighted by atomic mass is 10.0. The van der Waals surface area contributed by atoms with E-state index in [4.69, 9.17) is 4.74 Å². The number of carboxylic acid groups (broad SMARTS) is 1. The molecule has 3 N–H and O–H groups in total. The highest BCUT2D eigenvalue weighted by Crippen LogP contribution is 2.36. The number of carbonyl (C=O) groups excluding carboxylic acids is 1.